The highest BCUT2D eigenvalue weighted by molar-refractivity contribution is 6.37. The minimum Gasteiger partial charge on any atom is -0.453 e. The van der Waals surface area contributed by atoms with Crippen molar-refractivity contribution in [3.8, 4) is 11.5 Å². The van der Waals surface area contributed by atoms with E-state index in [1.165, 1.54) is 47.2 Å². The maximum absolute atomic E-state index is 13.0. The van der Waals surface area contributed by atoms with Gasteiger partial charge in [-0.3, -0.25) is 4.79 Å². The number of rotatable bonds is 4. The molecule has 0 atom stereocenters. The Morgan fingerprint density at radius 1 is 1.04 bits per heavy atom. The van der Waals surface area contributed by atoms with Crippen molar-refractivity contribution in [2.75, 3.05) is 5.73 Å². The van der Waals surface area contributed by atoms with Crippen LogP contribution in [0.2, 0.25) is 10.0 Å². The molecule has 0 aliphatic heterocycles. The smallest absolute Gasteiger partial charge is 0.251 e. The quantitative estimate of drug-likeness (QED) is 0.668. The van der Waals surface area contributed by atoms with Crippen LogP contribution in [-0.2, 0) is 6.54 Å². The fourth-order valence-electron chi connectivity index (χ4n) is 2.27. The van der Waals surface area contributed by atoms with Crippen LogP contribution in [0.1, 0.15) is 5.56 Å². The summed E-state index contributed by atoms with van der Waals surface area (Å²) in [5, 5.41) is 0.530. The standard InChI is InChI=1S/C18H13Cl2FN2O2/c19-15-7-13(22)8-16(20)18(15)25-14-5-6-17(24)23(10-14)9-11-1-3-12(21)4-2-11/h1-8,10H,9,22H2. The van der Waals surface area contributed by atoms with E-state index in [9.17, 15) is 9.18 Å². The first-order valence-corrected chi connectivity index (χ1v) is 8.05. The molecule has 0 saturated carbocycles. The van der Waals surface area contributed by atoms with Crippen molar-refractivity contribution in [3.63, 3.8) is 0 Å². The fraction of sp³-hybridized carbons (Fsp3) is 0.0556. The van der Waals surface area contributed by atoms with Gasteiger partial charge in [-0.05, 0) is 35.9 Å². The molecule has 1 heterocycles. The fourth-order valence-corrected chi connectivity index (χ4v) is 2.86. The van der Waals surface area contributed by atoms with E-state index in [2.05, 4.69) is 0 Å². The molecule has 1 aromatic heterocycles. The lowest BCUT2D eigenvalue weighted by Crippen LogP contribution is -2.18. The summed E-state index contributed by atoms with van der Waals surface area (Å²) in [4.78, 5) is 12.0. The summed E-state index contributed by atoms with van der Waals surface area (Å²) >= 11 is 12.2. The molecule has 3 rings (SSSR count). The predicted octanol–water partition coefficient (Wildman–Crippen LogP) is 4.72. The van der Waals surface area contributed by atoms with Crippen LogP contribution >= 0.6 is 23.2 Å². The normalized spacial score (nSPS) is 10.7. The molecule has 0 radical (unpaired) electrons. The summed E-state index contributed by atoms with van der Waals surface area (Å²) < 4.78 is 20.1. The van der Waals surface area contributed by atoms with Crippen LogP contribution in [-0.4, -0.2) is 4.57 Å². The van der Waals surface area contributed by atoms with Crippen molar-refractivity contribution in [2.45, 2.75) is 6.54 Å². The van der Waals surface area contributed by atoms with Gasteiger partial charge in [-0.25, -0.2) is 4.39 Å². The minimum atomic E-state index is -0.333. The van der Waals surface area contributed by atoms with Crippen LogP contribution in [0.4, 0.5) is 10.1 Å². The molecule has 0 saturated heterocycles. The molecule has 7 heteroatoms. The molecule has 0 aliphatic carbocycles. The van der Waals surface area contributed by atoms with E-state index in [0.717, 1.165) is 5.56 Å². The summed E-state index contributed by atoms with van der Waals surface area (Å²) in [5.74, 6) is 0.306. The van der Waals surface area contributed by atoms with Gasteiger partial charge < -0.3 is 15.0 Å². The predicted molar refractivity (Wildman–Crippen MR) is 97.2 cm³/mol. The van der Waals surface area contributed by atoms with E-state index in [1.54, 1.807) is 12.1 Å². The van der Waals surface area contributed by atoms with Crippen LogP contribution in [0.25, 0.3) is 0 Å². The van der Waals surface area contributed by atoms with Gasteiger partial charge in [0.25, 0.3) is 5.56 Å². The number of halogens is 3. The Morgan fingerprint density at radius 3 is 2.32 bits per heavy atom. The average molecular weight is 379 g/mol. The van der Waals surface area contributed by atoms with Crippen molar-refractivity contribution in [3.05, 3.63) is 86.5 Å². The molecule has 2 aromatic carbocycles. The molecule has 0 unspecified atom stereocenters. The third-order valence-corrected chi connectivity index (χ3v) is 4.02. The monoisotopic (exact) mass is 378 g/mol. The van der Waals surface area contributed by atoms with Gasteiger partial charge in [0.15, 0.2) is 5.75 Å². The number of hydrogen-bond acceptors (Lipinski definition) is 3. The second-order valence-corrected chi connectivity index (χ2v) is 6.19. The lowest BCUT2D eigenvalue weighted by atomic mass is 10.2. The average Bonchev–Trinajstić information content (AvgIpc) is 2.56. The number of benzene rings is 2. The number of pyridine rings is 1. The van der Waals surface area contributed by atoms with E-state index in [4.69, 9.17) is 33.7 Å². The van der Waals surface area contributed by atoms with E-state index in [-0.39, 0.29) is 33.7 Å². The molecular formula is C18H13Cl2FN2O2. The summed E-state index contributed by atoms with van der Waals surface area (Å²) in [6, 6.07) is 11.9. The van der Waals surface area contributed by atoms with Crippen LogP contribution in [0, 0.1) is 5.82 Å². The molecular weight excluding hydrogens is 366 g/mol. The first-order valence-electron chi connectivity index (χ1n) is 7.30. The number of ether oxygens (including phenoxy) is 1. The Morgan fingerprint density at radius 2 is 1.68 bits per heavy atom. The highest BCUT2D eigenvalue weighted by Crippen LogP contribution is 2.37. The molecule has 4 nitrogen and oxygen atoms in total. The molecule has 2 N–H and O–H groups in total. The highest BCUT2D eigenvalue weighted by Gasteiger charge is 2.11. The van der Waals surface area contributed by atoms with Gasteiger partial charge in [-0.15, -0.1) is 0 Å². The number of nitrogen functional groups attached to an aromatic ring is 1. The lowest BCUT2D eigenvalue weighted by Gasteiger charge is -2.12. The van der Waals surface area contributed by atoms with Crippen molar-refractivity contribution >= 4 is 28.9 Å². The Bertz CT molecular complexity index is 949. The number of aromatic nitrogens is 1. The molecule has 0 fully saturated rings. The molecule has 0 bridgehead atoms. The Labute approximate surface area is 153 Å². The number of nitrogens with zero attached hydrogens (tertiary/aromatic N) is 1. The molecule has 25 heavy (non-hydrogen) atoms. The van der Waals surface area contributed by atoms with E-state index < -0.39 is 0 Å². The number of nitrogens with two attached hydrogens (primary N) is 1. The van der Waals surface area contributed by atoms with Gasteiger partial charge >= 0.3 is 0 Å². The first-order chi connectivity index (χ1) is 11.9. The van der Waals surface area contributed by atoms with Crippen LogP contribution < -0.4 is 16.0 Å². The van der Waals surface area contributed by atoms with E-state index in [1.807, 2.05) is 0 Å². The van der Waals surface area contributed by atoms with E-state index in [0.29, 0.717) is 11.4 Å². The number of hydrogen-bond donors (Lipinski definition) is 1. The summed E-state index contributed by atoms with van der Waals surface area (Å²) in [7, 11) is 0. The van der Waals surface area contributed by atoms with Gasteiger partial charge in [-0.1, -0.05) is 35.3 Å². The lowest BCUT2D eigenvalue weighted by molar-refractivity contribution is 0.475. The Balaban J connectivity index is 1.89. The molecule has 128 valence electrons. The molecule has 0 aliphatic rings. The van der Waals surface area contributed by atoms with Gasteiger partial charge in [-0.2, -0.15) is 0 Å². The topological polar surface area (TPSA) is 57.2 Å². The zero-order valence-electron chi connectivity index (χ0n) is 12.9. The minimum absolute atomic E-state index is 0.217. The zero-order chi connectivity index (χ0) is 18.0. The Kier molecular flexibility index (Phi) is 4.97. The largest absolute Gasteiger partial charge is 0.453 e. The van der Waals surface area contributed by atoms with Crippen LogP contribution in [0.3, 0.4) is 0 Å². The van der Waals surface area contributed by atoms with Gasteiger partial charge in [0.1, 0.15) is 11.6 Å². The van der Waals surface area contributed by atoms with Crippen LogP contribution in [0.15, 0.2) is 59.5 Å². The second-order valence-electron chi connectivity index (χ2n) is 5.37. The zero-order valence-corrected chi connectivity index (χ0v) is 14.4. The summed E-state index contributed by atoms with van der Waals surface area (Å²) in [6.45, 7) is 0.277. The third kappa shape index (κ3) is 4.13. The second kappa shape index (κ2) is 7.17. The maximum atomic E-state index is 13.0. The molecule has 3 aromatic rings. The van der Waals surface area contributed by atoms with Crippen molar-refractivity contribution in [1.82, 2.24) is 4.57 Å². The van der Waals surface area contributed by atoms with E-state index >= 15 is 0 Å². The maximum Gasteiger partial charge on any atom is 0.251 e. The SMILES string of the molecule is Nc1cc(Cl)c(Oc2ccc(=O)n(Cc3ccc(F)cc3)c2)c(Cl)c1. The van der Waals surface area contributed by atoms with Gasteiger partial charge in [0, 0.05) is 11.8 Å². The summed E-state index contributed by atoms with van der Waals surface area (Å²) in [5.41, 5.74) is 6.65. The Hall–Kier alpha value is -2.50. The first kappa shape index (κ1) is 17.3. The van der Waals surface area contributed by atoms with Crippen LogP contribution in [0.5, 0.6) is 11.5 Å². The molecule has 0 amide bonds. The van der Waals surface area contributed by atoms with Crippen molar-refractivity contribution < 1.29 is 9.13 Å². The molecule has 0 spiro atoms. The third-order valence-electron chi connectivity index (χ3n) is 3.46. The summed E-state index contributed by atoms with van der Waals surface area (Å²) in [6.07, 6.45) is 1.54. The van der Waals surface area contributed by atoms with Crippen molar-refractivity contribution in [1.29, 1.82) is 0 Å². The highest BCUT2D eigenvalue weighted by atomic mass is 35.5. The van der Waals surface area contributed by atoms with Gasteiger partial charge in [0.05, 0.1) is 22.8 Å². The van der Waals surface area contributed by atoms with Gasteiger partial charge in [0.2, 0.25) is 0 Å². The van der Waals surface area contributed by atoms with Crippen molar-refractivity contribution in [2.24, 2.45) is 0 Å². The number of anilines is 1.